The van der Waals surface area contributed by atoms with Gasteiger partial charge in [0.2, 0.25) is 5.91 Å². The van der Waals surface area contributed by atoms with Crippen molar-refractivity contribution in [3.05, 3.63) is 29.8 Å². The van der Waals surface area contributed by atoms with E-state index in [1.54, 1.807) is 19.1 Å². The summed E-state index contributed by atoms with van der Waals surface area (Å²) in [6.07, 6.45) is 4.21. The predicted molar refractivity (Wildman–Crippen MR) is 87.9 cm³/mol. The van der Waals surface area contributed by atoms with Crippen LogP contribution in [-0.2, 0) is 11.2 Å². The van der Waals surface area contributed by atoms with Crippen molar-refractivity contribution in [1.82, 2.24) is 10.2 Å². The van der Waals surface area contributed by atoms with Crippen LogP contribution in [0, 0.1) is 5.92 Å². The standard InChI is InChI=1S/C17H25N3O3/c1-12(16(22)19-17(18)23)20-10-8-14(9-11-20)3-2-13-4-6-15(21)7-5-13/h4-7,12,14,21H,2-3,8-11H2,1H3,(H3,18,19,22,23). The second kappa shape index (κ2) is 7.97. The number of primary amides is 1. The summed E-state index contributed by atoms with van der Waals surface area (Å²) in [5.41, 5.74) is 6.22. The van der Waals surface area contributed by atoms with Crippen LogP contribution in [0.1, 0.15) is 31.7 Å². The van der Waals surface area contributed by atoms with Crippen molar-refractivity contribution >= 4 is 11.9 Å². The number of benzene rings is 1. The van der Waals surface area contributed by atoms with E-state index in [9.17, 15) is 14.7 Å². The maximum absolute atomic E-state index is 11.8. The Bertz CT molecular complexity index is 537. The summed E-state index contributed by atoms with van der Waals surface area (Å²) < 4.78 is 0. The zero-order chi connectivity index (χ0) is 16.8. The number of carbonyl (C=O) groups excluding carboxylic acids is 2. The minimum absolute atomic E-state index is 0.297. The van der Waals surface area contributed by atoms with Gasteiger partial charge in [-0.25, -0.2) is 4.79 Å². The number of rotatable bonds is 5. The number of phenolic OH excluding ortho intramolecular Hbond substituents is 1. The van der Waals surface area contributed by atoms with Crippen LogP contribution in [0.2, 0.25) is 0 Å². The highest BCUT2D eigenvalue weighted by molar-refractivity contribution is 5.96. The van der Waals surface area contributed by atoms with Gasteiger partial charge in [-0.3, -0.25) is 15.0 Å². The monoisotopic (exact) mass is 319 g/mol. The lowest BCUT2D eigenvalue weighted by Crippen LogP contribution is -2.50. The summed E-state index contributed by atoms with van der Waals surface area (Å²) >= 11 is 0. The van der Waals surface area contributed by atoms with Crippen molar-refractivity contribution < 1.29 is 14.7 Å². The largest absolute Gasteiger partial charge is 0.508 e. The number of likely N-dealkylation sites (tertiary alicyclic amines) is 1. The molecule has 1 heterocycles. The molecule has 0 spiro atoms. The van der Waals surface area contributed by atoms with Gasteiger partial charge in [0.05, 0.1) is 6.04 Å². The fraction of sp³-hybridized carbons (Fsp3) is 0.529. The Balaban J connectivity index is 1.74. The topological polar surface area (TPSA) is 95.7 Å². The molecule has 1 fully saturated rings. The van der Waals surface area contributed by atoms with Crippen LogP contribution < -0.4 is 11.1 Å². The highest BCUT2D eigenvalue weighted by Gasteiger charge is 2.26. The maximum atomic E-state index is 11.8. The molecule has 1 aliphatic heterocycles. The van der Waals surface area contributed by atoms with E-state index in [1.807, 2.05) is 12.1 Å². The number of hydrogen-bond acceptors (Lipinski definition) is 4. The minimum Gasteiger partial charge on any atom is -0.508 e. The van der Waals surface area contributed by atoms with E-state index in [0.29, 0.717) is 11.7 Å². The number of amides is 3. The third kappa shape index (κ3) is 5.25. The summed E-state index contributed by atoms with van der Waals surface area (Å²) in [4.78, 5) is 24.6. The first-order valence-electron chi connectivity index (χ1n) is 8.08. The van der Waals surface area contributed by atoms with Crippen LogP contribution in [0.15, 0.2) is 24.3 Å². The Labute approximate surface area is 136 Å². The molecule has 3 amide bonds. The molecule has 126 valence electrons. The molecular formula is C17H25N3O3. The summed E-state index contributed by atoms with van der Waals surface area (Å²) in [6.45, 7) is 3.51. The summed E-state index contributed by atoms with van der Waals surface area (Å²) in [7, 11) is 0. The number of carbonyl (C=O) groups is 2. The van der Waals surface area contributed by atoms with Crippen molar-refractivity contribution in [2.75, 3.05) is 13.1 Å². The van der Waals surface area contributed by atoms with Gasteiger partial charge < -0.3 is 10.8 Å². The van der Waals surface area contributed by atoms with E-state index in [1.165, 1.54) is 5.56 Å². The molecule has 2 rings (SSSR count). The average Bonchev–Trinajstić information content (AvgIpc) is 2.53. The number of nitrogens with two attached hydrogens (primary N) is 1. The number of urea groups is 1. The van der Waals surface area contributed by atoms with Gasteiger partial charge in [0.1, 0.15) is 5.75 Å². The third-order valence-corrected chi connectivity index (χ3v) is 4.60. The molecule has 4 N–H and O–H groups in total. The van der Waals surface area contributed by atoms with Crippen molar-refractivity contribution in [1.29, 1.82) is 0 Å². The number of hydrogen-bond donors (Lipinski definition) is 3. The first-order chi connectivity index (χ1) is 11.0. The molecule has 6 heteroatoms. The molecule has 0 aliphatic carbocycles. The number of imide groups is 1. The van der Waals surface area contributed by atoms with Crippen molar-refractivity contribution in [3.63, 3.8) is 0 Å². The second-order valence-electron chi connectivity index (χ2n) is 6.21. The van der Waals surface area contributed by atoms with Crippen LogP contribution in [0.3, 0.4) is 0 Å². The summed E-state index contributed by atoms with van der Waals surface area (Å²) in [5, 5.41) is 11.4. The molecule has 1 saturated heterocycles. The van der Waals surface area contributed by atoms with Crippen LogP contribution in [0.25, 0.3) is 0 Å². The lowest BCUT2D eigenvalue weighted by Gasteiger charge is -2.35. The van der Waals surface area contributed by atoms with Crippen molar-refractivity contribution in [2.45, 2.75) is 38.6 Å². The molecule has 1 unspecified atom stereocenters. The van der Waals surface area contributed by atoms with Crippen LogP contribution in [0.5, 0.6) is 5.75 Å². The predicted octanol–water partition coefficient (Wildman–Crippen LogP) is 1.62. The van der Waals surface area contributed by atoms with E-state index >= 15 is 0 Å². The van der Waals surface area contributed by atoms with Crippen LogP contribution in [-0.4, -0.2) is 41.1 Å². The van der Waals surface area contributed by atoms with Gasteiger partial charge in [0.25, 0.3) is 0 Å². The maximum Gasteiger partial charge on any atom is 0.318 e. The van der Waals surface area contributed by atoms with Gasteiger partial charge in [-0.1, -0.05) is 12.1 Å². The van der Waals surface area contributed by atoms with Gasteiger partial charge >= 0.3 is 6.03 Å². The Morgan fingerprint density at radius 1 is 1.30 bits per heavy atom. The van der Waals surface area contributed by atoms with E-state index < -0.39 is 6.03 Å². The smallest absolute Gasteiger partial charge is 0.318 e. The molecule has 1 aromatic rings. The zero-order valence-electron chi connectivity index (χ0n) is 13.5. The van der Waals surface area contributed by atoms with E-state index in [0.717, 1.165) is 38.8 Å². The highest BCUT2D eigenvalue weighted by Crippen LogP contribution is 2.24. The number of aromatic hydroxyl groups is 1. The average molecular weight is 319 g/mol. The molecule has 0 bridgehead atoms. The number of piperidine rings is 1. The number of phenols is 1. The highest BCUT2D eigenvalue weighted by atomic mass is 16.3. The Hall–Kier alpha value is -2.08. The van der Waals surface area contributed by atoms with Gasteiger partial charge in [0.15, 0.2) is 0 Å². The van der Waals surface area contributed by atoms with Crippen molar-refractivity contribution in [2.24, 2.45) is 11.7 Å². The second-order valence-corrected chi connectivity index (χ2v) is 6.21. The number of aryl methyl sites for hydroxylation is 1. The number of nitrogens with zero attached hydrogens (tertiary/aromatic N) is 1. The first-order valence-corrected chi connectivity index (χ1v) is 8.08. The lowest BCUT2D eigenvalue weighted by atomic mass is 9.90. The van der Waals surface area contributed by atoms with E-state index in [4.69, 9.17) is 5.73 Å². The molecule has 1 aromatic carbocycles. The van der Waals surface area contributed by atoms with Crippen molar-refractivity contribution in [3.8, 4) is 5.75 Å². The summed E-state index contributed by atoms with van der Waals surface area (Å²) in [6, 6.07) is 6.22. The van der Waals surface area contributed by atoms with Gasteiger partial charge in [-0.15, -0.1) is 0 Å². The van der Waals surface area contributed by atoms with E-state index in [-0.39, 0.29) is 11.9 Å². The summed E-state index contributed by atoms with van der Waals surface area (Å²) in [5.74, 6) is 0.608. The van der Waals surface area contributed by atoms with Gasteiger partial charge in [-0.05, 0) is 69.3 Å². The molecule has 23 heavy (non-hydrogen) atoms. The molecule has 6 nitrogen and oxygen atoms in total. The zero-order valence-corrected chi connectivity index (χ0v) is 13.5. The molecule has 0 radical (unpaired) electrons. The third-order valence-electron chi connectivity index (χ3n) is 4.60. The van der Waals surface area contributed by atoms with E-state index in [2.05, 4.69) is 10.2 Å². The first kappa shape index (κ1) is 17.3. The Kier molecular flexibility index (Phi) is 5.98. The fourth-order valence-electron chi connectivity index (χ4n) is 3.05. The number of nitrogens with one attached hydrogen (secondary N) is 1. The molecular weight excluding hydrogens is 294 g/mol. The van der Waals surface area contributed by atoms with Gasteiger partial charge in [-0.2, -0.15) is 0 Å². The Morgan fingerprint density at radius 2 is 1.91 bits per heavy atom. The molecule has 0 aromatic heterocycles. The molecule has 1 aliphatic rings. The Morgan fingerprint density at radius 3 is 2.48 bits per heavy atom. The fourth-order valence-corrected chi connectivity index (χ4v) is 3.05. The molecule has 0 saturated carbocycles. The SMILES string of the molecule is CC(C(=O)NC(N)=O)N1CCC(CCc2ccc(O)cc2)CC1. The molecule has 1 atom stereocenters. The normalized spacial score (nSPS) is 17.6. The van der Waals surface area contributed by atoms with Gasteiger partial charge in [0, 0.05) is 0 Å². The minimum atomic E-state index is -0.800. The quantitative estimate of drug-likeness (QED) is 0.768. The van der Waals surface area contributed by atoms with Crippen LogP contribution >= 0.6 is 0 Å². The lowest BCUT2D eigenvalue weighted by molar-refractivity contribution is -0.125. The van der Waals surface area contributed by atoms with Crippen LogP contribution in [0.4, 0.5) is 4.79 Å².